The second-order valence-electron chi connectivity index (χ2n) is 4.79. The van der Waals surface area contributed by atoms with Crippen LogP contribution in [0.3, 0.4) is 0 Å². The van der Waals surface area contributed by atoms with Gasteiger partial charge in [0.15, 0.2) is 0 Å². The van der Waals surface area contributed by atoms with Gasteiger partial charge in [-0.1, -0.05) is 16.8 Å². The highest BCUT2D eigenvalue weighted by molar-refractivity contribution is 5.78. The third kappa shape index (κ3) is 2.37. The third-order valence-electron chi connectivity index (χ3n) is 3.07. The van der Waals surface area contributed by atoms with Crippen LogP contribution in [-0.4, -0.2) is 20.1 Å². The van der Waals surface area contributed by atoms with E-state index in [1.165, 1.54) is 5.56 Å². The Morgan fingerprint density at radius 1 is 1.37 bits per heavy atom. The monoisotopic (exact) mass is 257 g/mol. The number of aryl methyl sites for hydroxylation is 2. The van der Waals surface area contributed by atoms with Gasteiger partial charge >= 0.3 is 0 Å². The Kier molecular flexibility index (Phi) is 2.83. The molecule has 0 saturated heterocycles. The molecule has 2 aromatic heterocycles. The zero-order valence-electron chi connectivity index (χ0n) is 10.9. The van der Waals surface area contributed by atoms with Crippen LogP contribution in [0.1, 0.15) is 23.1 Å². The standard InChI is InChI=1S/C14H15N3O2/c1-9-3-4-13-10(5-9)6-14(19-13)12(18)7-11-8-17(2)16-15-11/h3-6,8,12,18H,7H2,1-2H3. The Balaban J connectivity index is 1.86. The maximum absolute atomic E-state index is 10.2. The van der Waals surface area contributed by atoms with Crippen molar-refractivity contribution < 1.29 is 9.52 Å². The molecule has 3 aromatic rings. The fourth-order valence-electron chi connectivity index (χ4n) is 2.14. The van der Waals surface area contributed by atoms with E-state index < -0.39 is 6.10 Å². The Morgan fingerprint density at radius 2 is 2.21 bits per heavy atom. The number of aliphatic hydroxyl groups is 1. The van der Waals surface area contributed by atoms with Gasteiger partial charge < -0.3 is 9.52 Å². The summed E-state index contributed by atoms with van der Waals surface area (Å²) in [5, 5.41) is 19.0. The van der Waals surface area contributed by atoms with E-state index in [1.54, 1.807) is 17.9 Å². The molecule has 0 saturated carbocycles. The molecule has 1 atom stereocenters. The minimum absolute atomic E-state index is 0.395. The molecule has 1 unspecified atom stereocenters. The molecular formula is C14H15N3O2. The normalized spacial score (nSPS) is 13.0. The first-order chi connectivity index (χ1) is 9.11. The summed E-state index contributed by atoms with van der Waals surface area (Å²) in [4.78, 5) is 0. The van der Waals surface area contributed by atoms with Crippen molar-refractivity contribution in [3.63, 3.8) is 0 Å². The predicted molar refractivity (Wildman–Crippen MR) is 70.6 cm³/mol. The third-order valence-corrected chi connectivity index (χ3v) is 3.07. The van der Waals surface area contributed by atoms with Gasteiger partial charge in [-0.3, -0.25) is 4.68 Å². The molecule has 5 nitrogen and oxygen atoms in total. The Labute approximate surface area is 110 Å². The number of benzene rings is 1. The van der Waals surface area contributed by atoms with Crippen LogP contribution in [0.4, 0.5) is 0 Å². The number of aromatic nitrogens is 3. The smallest absolute Gasteiger partial charge is 0.134 e. The highest BCUT2D eigenvalue weighted by Crippen LogP contribution is 2.26. The van der Waals surface area contributed by atoms with Crippen molar-refractivity contribution in [1.82, 2.24) is 15.0 Å². The number of hydrogen-bond donors (Lipinski definition) is 1. The van der Waals surface area contributed by atoms with Gasteiger partial charge in [-0.15, -0.1) is 5.10 Å². The molecule has 0 fully saturated rings. The summed E-state index contributed by atoms with van der Waals surface area (Å²) in [6.45, 7) is 2.03. The van der Waals surface area contributed by atoms with E-state index in [0.29, 0.717) is 12.2 Å². The van der Waals surface area contributed by atoms with Crippen LogP contribution in [-0.2, 0) is 13.5 Å². The van der Waals surface area contributed by atoms with E-state index in [9.17, 15) is 5.11 Å². The zero-order chi connectivity index (χ0) is 13.4. The van der Waals surface area contributed by atoms with E-state index in [4.69, 9.17) is 4.42 Å². The van der Waals surface area contributed by atoms with Crippen LogP contribution in [0, 0.1) is 6.92 Å². The lowest BCUT2D eigenvalue weighted by Gasteiger charge is -2.03. The maximum Gasteiger partial charge on any atom is 0.134 e. The molecule has 1 N–H and O–H groups in total. The van der Waals surface area contributed by atoms with Gasteiger partial charge in [-0.2, -0.15) is 0 Å². The lowest BCUT2D eigenvalue weighted by atomic mass is 10.1. The van der Waals surface area contributed by atoms with Gasteiger partial charge in [0.1, 0.15) is 17.4 Å². The van der Waals surface area contributed by atoms with Gasteiger partial charge in [-0.25, -0.2) is 0 Å². The largest absolute Gasteiger partial charge is 0.458 e. The number of aliphatic hydroxyl groups excluding tert-OH is 1. The maximum atomic E-state index is 10.2. The Hall–Kier alpha value is -2.14. The fraction of sp³-hybridized carbons (Fsp3) is 0.286. The molecule has 0 aliphatic rings. The van der Waals surface area contributed by atoms with Crippen molar-refractivity contribution in [2.45, 2.75) is 19.4 Å². The van der Waals surface area contributed by atoms with Crippen molar-refractivity contribution >= 4 is 11.0 Å². The summed E-state index contributed by atoms with van der Waals surface area (Å²) in [6.07, 6.45) is 1.48. The summed E-state index contributed by atoms with van der Waals surface area (Å²) >= 11 is 0. The van der Waals surface area contributed by atoms with E-state index >= 15 is 0 Å². The van der Waals surface area contributed by atoms with Crippen LogP contribution in [0.25, 0.3) is 11.0 Å². The minimum Gasteiger partial charge on any atom is -0.458 e. The van der Waals surface area contributed by atoms with Crippen molar-refractivity contribution in [2.75, 3.05) is 0 Å². The van der Waals surface area contributed by atoms with Crippen molar-refractivity contribution in [3.05, 3.63) is 47.5 Å². The molecule has 3 rings (SSSR count). The van der Waals surface area contributed by atoms with Crippen molar-refractivity contribution in [3.8, 4) is 0 Å². The van der Waals surface area contributed by atoms with Crippen LogP contribution in [0.2, 0.25) is 0 Å². The molecule has 98 valence electrons. The summed E-state index contributed by atoms with van der Waals surface area (Å²) in [6, 6.07) is 7.83. The predicted octanol–water partition coefficient (Wildman–Crippen LogP) is 2.15. The van der Waals surface area contributed by atoms with E-state index in [-0.39, 0.29) is 0 Å². The van der Waals surface area contributed by atoms with Crippen molar-refractivity contribution in [1.29, 1.82) is 0 Å². The fourth-order valence-corrected chi connectivity index (χ4v) is 2.14. The van der Waals surface area contributed by atoms with Gasteiger partial charge in [0.2, 0.25) is 0 Å². The molecule has 5 heteroatoms. The van der Waals surface area contributed by atoms with E-state index in [1.807, 2.05) is 31.2 Å². The summed E-state index contributed by atoms with van der Waals surface area (Å²) < 4.78 is 7.27. The first-order valence-corrected chi connectivity index (χ1v) is 6.15. The Bertz CT molecular complexity index is 714. The van der Waals surface area contributed by atoms with E-state index in [2.05, 4.69) is 10.3 Å². The van der Waals surface area contributed by atoms with Crippen LogP contribution >= 0.6 is 0 Å². The lowest BCUT2D eigenvalue weighted by Crippen LogP contribution is -2.00. The Morgan fingerprint density at radius 3 is 2.95 bits per heavy atom. The van der Waals surface area contributed by atoms with Gasteiger partial charge in [0, 0.05) is 25.1 Å². The second-order valence-corrected chi connectivity index (χ2v) is 4.79. The number of fused-ring (bicyclic) bond motifs is 1. The zero-order valence-corrected chi connectivity index (χ0v) is 10.9. The molecule has 0 aliphatic heterocycles. The van der Waals surface area contributed by atoms with Crippen LogP contribution in [0.5, 0.6) is 0 Å². The molecule has 19 heavy (non-hydrogen) atoms. The topological polar surface area (TPSA) is 64.1 Å². The summed E-state index contributed by atoms with van der Waals surface area (Å²) in [5.41, 5.74) is 2.70. The van der Waals surface area contributed by atoms with Gasteiger partial charge in [-0.05, 0) is 25.1 Å². The molecule has 0 spiro atoms. The number of hydrogen-bond acceptors (Lipinski definition) is 4. The first kappa shape index (κ1) is 11.9. The SMILES string of the molecule is Cc1ccc2oc(C(O)Cc3cn(C)nn3)cc2c1. The van der Waals surface area contributed by atoms with Gasteiger partial charge in [0.05, 0.1) is 5.69 Å². The van der Waals surface area contributed by atoms with Gasteiger partial charge in [0.25, 0.3) is 0 Å². The average molecular weight is 257 g/mol. The average Bonchev–Trinajstić information content (AvgIpc) is 2.95. The van der Waals surface area contributed by atoms with Crippen molar-refractivity contribution in [2.24, 2.45) is 7.05 Å². The molecule has 0 radical (unpaired) electrons. The molecule has 2 heterocycles. The molecule has 0 aliphatic carbocycles. The quantitative estimate of drug-likeness (QED) is 0.780. The molecule has 0 amide bonds. The molecule has 1 aromatic carbocycles. The number of furan rings is 1. The highest BCUT2D eigenvalue weighted by atomic mass is 16.4. The minimum atomic E-state index is -0.704. The number of rotatable bonds is 3. The first-order valence-electron chi connectivity index (χ1n) is 6.15. The molecular weight excluding hydrogens is 242 g/mol. The highest BCUT2D eigenvalue weighted by Gasteiger charge is 2.15. The second kappa shape index (κ2) is 4.51. The summed E-state index contributed by atoms with van der Waals surface area (Å²) in [5.74, 6) is 0.561. The lowest BCUT2D eigenvalue weighted by molar-refractivity contribution is 0.151. The summed E-state index contributed by atoms with van der Waals surface area (Å²) in [7, 11) is 1.80. The molecule has 0 bridgehead atoms. The van der Waals surface area contributed by atoms with Crippen LogP contribution < -0.4 is 0 Å². The number of nitrogens with zero attached hydrogens (tertiary/aromatic N) is 3. The van der Waals surface area contributed by atoms with E-state index in [0.717, 1.165) is 16.7 Å². The van der Waals surface area contributed by atoms with Crippen LogP contribution in [0.15, 0.2) is 34.9 Å².